The van der Waals surface area contributed by atoms with E-state index in [0.29, 0.717) is 23.7 Å². The molecule has 0 saturated carbocycles. The van der Waals surface area contributed by atoms with Gasteiger partial charge in [-0.3, -0.25) is 9.78 Å². The van der Waals surface area contributed by atoms with Gasteiger partial charge in [-0.15, -0.1) is 0 Å². The summed E-state index contributed by atoms with van der Waals surface area (Å²) in [5, 5.41) is 4.16. The molecule has 0 spiro atoms. The number of nitrogens with zero attached hydrogens (tertiary/aromatic N) is 3. The van der Waals surface area contributed by atoms with Crippen molar-refractivity contribution in [3.8, 4) is 5.69 Å². The highest BCUT2D eigenvalue weighted by Gasteiger charge is 2.26. The van der Waals surface area contributed by atoms with E-state index in [4.69, 9.17) is 11.6 Å². The summed E-state index contributed by atoms with van der Waals surface area (Å²) in [6.45, 7) is 1.70. The highest BCUT2D eigenvalue weighted by Crippen LogP contribution is 2.29. The summed E-state index contributed by atoms with van der Waals surface area (Å²) in [6.07, 6.45) is 0.919. The number of halogens is 4. The molecule has 1 atom stereocenters. The van der Waals surface area contributed by atoms with Crippen LogP contribution in [0, 0.1) is 0 Å². The molecular formula is C15H13ClF3N3O. The van der Waals surface area contributed by atoms with Gasteiger partial charge in [0, 0.05) is 24.0 Å². The van der Waals surface area contributed by atoms with E-state index in [-0.39, 0.29) is 11.2 Å². The topological polar surface area (TPSA) is 47.8 Å². The molecule has 1 unspecified atom stereocenters. The standard InChI is InChI=1S/C15H13ClF3N3O/c1-2-11(13(23)5-6-15(17,18)19)12-9-22(21-14(12)16)10-4-3-7-20-8-10/h3-9,11H,2H2,1H3/b6-5+. The van der Waals surface area contributed by atoms with Crippen LogP contribution in [0.4, 0.5) is 13.2 Å². The van der Waals surface area contributed by atoms with Gasteiger partial charge in [-0.25, -0.2) is 4.68 Å². The van der Waals surface area contributed by atoms with Gasteiger partial charge in [-0.1, -0.05) is 18.5 Å². The number of hydrogen-bond donors (Lipinski definition) is 0. The van der Waals surface area contributed by atoms with Crippen molar-refractivity contribution in [3.05, 3.63) is 53.6 Å². The first-order valence-corrected chi connectivity index (χ1v) is 7.15. The molecule has 122 valence electrons. The zero-order valence-electron chi connectivity index (χ0n) is 12.1. The molecule has 0 aliphatic carbocycles. The number of alkyl halides is 3. The molecule has 0 aliphatic heterocycles. The predicted molar refractivity (Wildman–Crippen MR) is 79.6 cm³/mol. The molecule has 0 N–H and O–H groups in total. The van der Waals surface area contributed by atoms with E-state index in [9.17, 15) is 18.0 Å². The summed E-state index contributed by atoms with van der Waals surface area (Å²) < 4.78 is 38.0. The first kappa shape index (κ1) is 17.2. The normalized spacial score (nSPS) is 13.4. The third-order valence-electron chi connectivity index (χ3n) is 3.17. The molecule has 0 bridgehead atoms. The molecular weight excluding hydrogens is 331 g/mol. The van der Waals surface area contributed by atoms with Gasteiger partial charge in [-0.2, -0.15) is 18.3 Å². The zero-order chi connectivity index (χ0) is 17.0. The number of allylic oxidation sites excluding steroid dienone is 2. The number of hydrogen-bond acceptors (Lipinski definition) is 3. The van der Waals surface area contributed by atoms with Gasteiger partial charge >= 0.3 is 6.18 Å². The third kappa shape index (κ3) is 4.41. The highest BCUT2D eigenvalue weighted by molar-refractivity contribution is 6.30. The molecule has 23 heavy (non-hydrogen) atoms. The maximum atomic E-state index is 12.2. The minimum atomic E-state index is -4.53. The monoisotopic (exact) mass is 343 g/mol. The van der Waals surface area contributed by atoms with E-state index < -0.39 is 17.9 Å². The Morgan fingerprint density at radius 3 is 2.78 bits per heavy atom. The van der Waals surface area contributed by atoms with Crippen molar-refractivity contribution in [1.82, 2.24) is 14.8 Å². The molecule has 8 heteroatoms. The number of ketones is 1. The molecule has 4 nitrogen and oxygen atoms in total. The van der Waals surface area contributed by atoms with Crippen molar-refractivity contribution in [2.24, 2.45) is 0 Å². The number of carbonyl (C=O) groups excluding carboxylic acids is 1. The summed E-state index contributed by atoms with van der Waals surface area (Å²) in [6, 6.07) is 3.45. The van der Waals surface area contributed by atoms with Crippen LogP contribution in [0.3, 0.4) is 0 Å². The Labute approximate surface area is 135 Å². The van der Waals surface area contributed by atoms with E-state index in [2.05, 4.69) is 10.1 Å². The average molecular weight is 344 g/mol. The molecule has 0 aromatic carbocycles. The Bertz CT molecular complexity index is 711. The van der Waals surface area contributed by atoms with Gasteiger partial charge < -0.3 is 0 Å². The molecule has 0 radical (unpaired) electrons. The average Bonchev–Trinajstić information content (AvgIpc) is 2.88. The summed E-state index contributed by atoms with van der Waals surface area (Å²) >= 11 is 6.05. The van der Waals surface area contributed by atoms with Gasteiger partial charge in [0.15, 0.2) is 10.9 Å². The van der Waals surface area contributed by atoms with Gasteiger partial charge in [0.1, 0.15) is 0 Å². The summed E-state index contributed by atoms with van der Waals surface area (Å²) in [7, 11) is 0. The Morgan fingerprint density at radius 1 is 1.48 bits per heavy atom. The van der Waals surface area contributed by atoms with Crippen LogP contribution < -0.4 is 0 Å². The highest BCUT2D eigenvalue weighted by atomic mass is 35.5. The number of pyridine rings is 1. The van der Waals surface area contributed by atoms with Crippen LogP contribution in [0.1, 0.15) is 24.8 Å². The maximum Gasteiger partial charge on any atom is 0.409 e. The van der Waals surface area contributed by atoms with Crippen molar-refractivity contribution in [3.63, 3.8) is 0 Å². The second-order valence-corrected chi connectivity index (χ2v) is 5.13. The fourth-order valence-corrected chi connectivity index (χ4v) is 2.35. The Hall–Kier alpha value is -2.15. The molecule has 2 heterocycles. The minimum absolute atomic E-state index is 0.0720. The van der Waals surface area contributed by atoms with Gasteiger partial charge in [-0.05, 0) is 24.6 Å². The van der Waals surface area contributed by atoms with E-state index in [1.54, 1.807) is 31.5 Å². The fraction of sp³-hybridized carbons (Fsp3) is 0.267. The second-order valence-electron chi connectivity index (χ2n) is 4.77. The molecule has 2 aromatic rings. The quantitative estimate of drug-likeness (QED) is 0.768. The van der Waals surface area contributed by atoms with E-state index in [1.165, 1.54) is 10.9 Å². The van der Waals surface area contributed by atoms with Crippen LogP contribution in [0.15, 0.2) is 42.9 Å². The lowest BCUT2D eigenvalue weighted by Gasteiger charge is -2.09. The van der Waals surface area contributed by atoms with Crippen molar-refractivity contribution in [2.45, 2.75) is 25.4 Å². The lowest BCUT2D eigenvalue weighted by atomic mass is 9.94. The first-order chi connectivity index (χ1) is 10.8. The van der Waals surface area contributed by atoms with Crippen LogP contribution in [0.5, 0.6) is 0 Å². The molecule has 0 aliphatic rings. The van der Waals surface area contributed by atoms with Crippen LogP contribution in [-0.2, 0) is 4.79 Å². The second kappa shape index (κ2) is 6.95. The number of carbonyl (C=O) groups is 1. The van der Waals surface area contributed by atoms with Crippen LogP contribution in [0.25, 0.3) is 5.69 Å². The van der Waals surface area contributed by atoms with Gasteiger partial charge in [0.2, 0.25) is 0 Å². The van der Waals surface area contributed by atoms with Crippen LogP contribution >= 0.6 is 11.6 Å². The van der Waals surface area contributed by atoms with Crippen LogP contribution in [0.2, 0.25) is 5.15 Å². The SMILES string of the molecule is CCC(C(=O)/C=C/C(F)(F)F)c1cn(-c2cccnc2)nc1Cl. The lowest BCUT2D eigenvalue weighted by Crippen LogP contribution is -2.11. The van der Waals surface area contributed by atoms with E-state index in [0.717, 1.165) is 0 Å². The van der Waals surface area contributed by atoms with Crippen molar-refractivity contribution >= 4 is 17.4 Å². The molecule has 0 fully saturated rings. The summed E-state index contributed by atoms with van der Waals surface area (Å²) in [4.78, 5) is 16.0. The first-order valence-electron chi connectivity index (χ1n) is 6.77. The Morgan fingerprint density at radius 2 is 2.22 bits per heavy atom. The van der Waals surface area contributed by atoms with Crippen molar-refractivity contribution < 1.29 is 18.0 Å². The smallest absolute Gasteiger partial charge is 0.294 e. The Kier molecular flexibility index (Phi) is 5.20. The molecule has 2 rings (SSSR count). The predicted octanol–water partition coefficient (Wildman–Crippen LogP) is 4.10. The largest absolute Gasteiger partial charge is 0.409 e. The van der Waals surface area contributed by atoms with E-state index >= 15 is 0 Å². The maximum absolute atomic E-state index is 12.2. The molecule has 0 amide bonds. The third-order valence-corrected chi connectivity index (χ3v) is 3.46. The molecule has 2 aromatic heterocycles. The summed E-state index contributed by atoms with van der Waals surface area (Å²) in [5.41, 5.74) is 1.02. The Balaban J connectivity index is 2.30. The minimum Gasteiger partial charge on any atom is -0.294 e. The molecule has 0 saturated heterocycles. The van der Waals surface area contributed by atoms with Crippen molar-refractivity contribution in [2.75, 3.05) is 0 Å². The number of rotatable bonds is 5. The summed E-state index contributed by atoms with van der Waals surface area (Å²) in [5.74, 6) is -1.45. The zero-order valence-corrected chi connectivity index (χ0v) is 12.8. The fourth-order valence-electron chi connectivity index (χ4n) is 2.09. The van der Waals surface area contributed by atoms with Crippen LogP contribution in [-0.4, -0.2) is 26.7 Å². The van der Waals surface area contributed by atoms with Gasteiger partial charge in [0.05, 0.1) is 17.8 Å². The van der Waals surface area contributed by atoms with E-state index in [1.807, 2.05) is 0 Å². The number of aromatic nitrogens is 3. The lowest BCUT2D eigenvalue weighted by molar-refractivity contribution is -0.116. The van der Waals surface area contributed by atoms with Gasteiger partial charge in [0.25, 0.3) is 0 Å². The van der Waals surface area contributed by atoms with Crippen molar-refractivity contribution in [1.29, 1.82) is 0 Å².